The van der Waals surface area contributed by atoms with E-state index in [2.05, 4.69) is 0 Å². The third kappa shape index (κ3) is 457. The molecule has 0 saturated heterocycles. The van der Waals surface area contributed by atoms with E-state index in [1.54, 1.807) is 0 Å². The Morgan fingerprint density at radius 1 is 0.458 bits per heavy atom. The molecule has 0 spiro atoms. The van der Waals surface area contributed by atoms with Gasteiger partial charge in [-0.05, 0) is 4.57 Å². The largest absolute Gasteiger partial charge is 1.00 e. The van der Waals surface area contributed by atoms with E-state index in [1.807, 2.05) is 0 Å². The molecule has 0 fully saturated rings. The van der Waals surface area contributed by atoms with Crippen molar-refractivity contribution in [3.63, 3.8) is 0 Å². The summed E-state index contributed by atoms with van der Waals surface area (Å²) in [6, 6.07) is 0. The van der Waals surface area contributed by atoms with E-state index in [1.165, 1.54) is 0 Å². The maximum absolute atomic E-state index is 8.59. The molecule has 1 unspecified atom stereocenters. The summed E-state index contributed by atoms with van der Waals surface area (Å²) < 4.78 is 34.0. The first-order chi connectivity index (χ1) is 6.93. The van der Waals surface area contributed by atoms with E-state index in [0.717, 1.165) is 0 Å². The van der Waals surface area contributed by atoms with Gasteiger partial charge in [-0.3, -0.25) is 0 Å². The van der Waals surface area contributed by atoms with E-state index in [-0.39, 0.29) is 214 Å². The van der Waals surface area contributed by atoms with Crippen molar-refractivity contribution in [2.24, 2.45) is 0 Å². The van der Waals surface area contributed by atoms with Crippen molar-refractivity contribution in [1.82, 2.24) is 0 Å². The van der Waals surface area contributed by atoms with Gasteiger partial charge in [-0.1, -0.05) is 21.1 Å². The summed E-state index contributed by atoms with van der Waals surface area (Å²) in [4.78, 5) is 66.5. The Labute approximate surface area is 298 Å². The topological polar surface area (TPSA) is 250 Å². The molecule has 0 aliphatic carbocycles. The Hall–Kier alpha value is 7.08. The molecule has 24 heavy (non-hydrogen) atoms. The van der Waals surface area contributed by atoms with Crippen LogP contribution in [0, 0.1) is 0 Å². The third-order valence-corrected chi connectivity index (χ3v) is 0. The maximum Gasteiger partial charge on any atom is 1.00 e. The molecule has 0 heterocycles. The fraction of sp³-hybridized carbons (Fsp3) is 1.00. The molecule has 0 rings (SSSR count). The molecule has 0 amide bonds. The molecule has 0 saturated carbocycles. The molecule has 0 aliphatic rings. The fourth-order valence-corrected chi connectivity index (χ4v) is 0. The zero-order chi connectivity index (χ0) is 14.3. The van der Waals surface area contributed by atoms with E-state index in [0.29, 0.717) is 0 Å². The monoisotopic (exact) mass is 494 g/mol. The molecule has 0 aromatic carbocycles. The minimum atomic E-state index is -3.37. The van der Waals surface area contributed by atoms with Crippen LogP contribution in [0.2, 0.25) is 0 Å². The van der Waals surface area contributed by atoms with Gasteiger partial charge in [0, 0.05) is 0 Å². The second kappa shape index (κ2) is 69.9. The molecular weight excluding hydrogens is 489 g/mol. The normalized spacial score (nSPS) is 5.08. The van der Waals surface area contributed by atoms with Gasteiger partial charge in [0.1, 0.15) is 0 Å². The van der Waals surface area contributed by atoms with Crippen LogP contribution in [0.1, 0.15) is 7.43 Å². The van der Waals surface area contributed by atoms with Crippen LogP contribution in [-0.2, 0) is 18.3 Å². The summed E-state index contributed by atoms with van der Waals surface area (Å²) in [7, 11) is -13.2. The van der Waals surface area contributed by atoms with Crippen LogP contribution in [0.5, 0.6) is 0 Å². The summed E-state index contributed by atoms with van der Waals surface area (Å²) in [5.74, 6) is 0. The van der Waals surface area contributed by atoms with E-state index in [9.17, 15) is 0 Å². The Bertz CT molecular complexity index is 179. The van der Waals surface area contributed by atoms with Gasteiger partial charge in [-0.2, -0.15) is 4.89 Å². The molecule has 12 nitrogen and oxygen atoms in total. The molecule has 0 aliphatic heterocycles. The summed E-state index contributed by atoms with van der Waals surface area (Å²) in [5.41, 5.74) is 0. The van der Waals surface area contributed by atoms with Gasteiger partial charge >= 0.3 is 215 Å². The van der Waals surface area contributed by atoms with Gasteiger partial charge in [0.25, 0.3) is 24.8 Å². The van der Waals surface area contributed by atoms with E-state index in [4.69, 9.17) is 57.4 Å². The minimum absolute atomic E-state index is 0. The second-order valence-corrected chi connectivity index (χ2v) is 2.73. The zero-order valence-electron chi connectivity index (χ0n) is 13.7. The van der Waals surface area contributed by atoms with Crippen LogP contribution in [-0.4, -0.2) is 4.89 Å². The smallest absolute Gasteiger partial charge is 0.598 e. The first-order valence-corrected chi connectivity index (χ1v) is 6.62. The molecule has 104 valence electrons. The summed E-state index contributed by atoms with van der Waals surface area (Å²) in [6.45, 7) is 0. The van der Waals surface area contributed by atoms with Crippen molar-refractivity contribution < 1.29 is 264 Å². The Kier molecular flexibility index (Phi) is 225. The molecule has 0 aromatic heterocycles. The predicted molar refractivity (Wildman–Crippen MR) is 39.4 cm³/mol. The first-order valence-electron chi connectivity index (χ1n) is 2.21. The Balaban J connectivity index is -0.00000000720. The molecule has 0 radical (unpaired) electrons. The first kappa shape index (κ1) is 77.2. The number of rotatable bonds is 0. The average Bonchev–Trinajstić information content (AvgIpc) is 1.76. The van der Waals surface area contributed by atoms with Gasteiger partial charge in [-0.15, -0.1) is 0 Å². The molecule has 23 heteroatoms. The molecule has 1 atom stereocenters. The molecule has 0 bridgehead atoms. The number of hydrogen-bond donors (Lipinski definition) is 1. The van der Waals surface area contributed by atoms with E-state index < -0.39 is 33.0 Å². The van der Waals surface area contributed by atoms with Crippen molar-refractivity contribution in [2.75, 3.05) is 0 Å². The Morgan fingerprint density at radius 3 is 0.458 bits per heavy atom. The van der Waals surface area contributed by atoms with Crippen LogP contribution < -0.4 is 241 Å². The van der Waals surface area contributed by atoms with Crippen molar-refractivity contribution >= 4 is 33.0 Å². The molecule has 1 N–H and O–H groups in total. The van der Waals surface area contributed by atoms with Crippen LogP contribution in [0.15, 0.2) is 0 Å². The quantitative estimate of drug-likeness (QED) is 0.244. The van der Waals surface area contributed by atoms with Gasteiger partial charge in [-0.25, -0.2) is 0 Å². The zero-order valence-corrected chi connectivity index (χ0v) is 31.3. The van der Waals surface area contributed by atoms with Gasteiger partial charge in [0.15, 0.2) is 0 Å². The van der Waals surface area contributed by atoms with Gasteiger partial charge in [0.2, 0.25) is 0 Å². The van der Waals surface area contributed by atoms with Crippen LogP contribution >= 0.6 is 33.0 Å². The van der Waals surface area contributed by atoms with E-state index >= 15 is 0 Å². The van der Waals surface area contributed by atoms with Crippen LogP contribution in [0.4, 0.5) is 0 Å². The average molecular weight is 494 g/mol. The third-order valence-electron chi connectivity index (χ3n) is 0. The minimum Gasteiger partial charge on any atom is -0.598 e. The number of hydrogen-bond acceptors (Lipinski definition) is 11. The molecule has 0 aromatic rings. The summed E-state index contributed by atoms with van der Waals surface area (Å²) >= 11 is 0. The summed E-state index contributed by atoms with van der Waals surface area (Å²) in [5, 5.41) is 0. The van der Waals surface area contributed by atoms with Gasteiger partial charge < -0.3 is 34.3 Å². The Morgan fingerprint density at radius 2 is 0.458 bits per heavy atom. The van der Waals surface area contributed by atoms with Crippen molar-refractivity contribution in [3.8, 4) is 0 Å². The SMILES string of the molecule is C.O=[P+]([O-])O.O=[P+]([O-])[O-].O=[P+]([O-])[O-].O=[P+]([O-])[O-].[Na+].[Na+].[Na+].[Na+].[Na+].[Na+].[Na+]. The standard InChI is InChI=1S/CH4.7Na.4HO3P/c;;;;;;;;4*1-4(2)3/h1H4;;;;;;;;4*(H,1,2,3)/q;7*+1;;;;/p-3. The van der Waals surface area contributed by atoms with Crippen molar-refractivity contribution in [3.05, 3.63) is 0 Å². The fourth-order valence-electron chi connectivity index (χ4n) is 0. The van der Waals surface area contributed by atoms with Crippen LogP contribution in [0.3, 0.4) is 0 Å². The van der Waals surface area contributed by atoms with Gasteiger partial charge in [0.05, 0.1) is 0 Å². The molecular formula is CH5Na7O12P4+4. The maximum atomic E-state index is 8.59. The second-order valence-electron chi connectivity index (χ2n) is 0.909. The van der Waals surface area contributed by atoms with Crippen LogP contribution in [0.25, 0.3) is 0 Å². The van der Waals surface area contributed by atoms with Crippen molar-refractivity contribution in [2.45, 2.75) is 7.43 Å². The van der Waals surface area contributed by atoms with Crippen molar-refractivity contribution in [1.29, 1.82) is 0 Å². The predicted octanol–water partition coefficient (Wildman–Crippen LogP) is -26.2. The summed E-state index contributed by atoms with van der Waals surface area (Å²) in [6.07, 6.45) is 0.